The van der Waals surface area contributed by atoms with Gasteiger partial charge in [-0.1, -0.05) is 29.8 Å². The molecule has 0 radical (unpaired) electrons. The van der Waals surface area contributed by atoms with Crippen molar-refractivity contribution in [2.24, 2.45) is 0 Å². The number of hydrogen-bond acceptors (Lipinski definition) is 4. The first-order valence-electron chi connectivity index (χ1n) is 7.01. The number of methoxy groups -OCH3 is 2. The number of nitrogens with one attached hydrogen (secondary N) is 1. The molecule has 0 amide bonds. The summed E-state index contributed by atoms with van der Waals surface area (Å²) < 4.78 is 10.7. The van der Waals surface area contributed by atoms with Gasteiger partial charge in [0.05, 0.1) is 19.9 Å². The van der Waals surface area contributed by atoms with Gasteiger partial charge in [-0.15, -0.1) is 0 Å². The van der Waals surface area contributed by atoms with Crippen molar-refractivity contribution in [1.82, 2.24) is 10.3 Å². The zero-order valence-corrected chi connectivity index (χ0v) is 13.0. The van der Waals surface area contributed by atoms with Gasteiger partial charge in [0.2, 0.25) is 0 Å². The van der Waals surface area contributed by atoms with Gasteiger partial charge in [-0.3, -0.25) is 4.98 Å². The van der Waals surface area contributed by atoms with E-state index in [-0.39, 0.29) is 6.04 Å². The van der Waals surface area contributed by atoms with Gasteiger partial charge in [-0.05, 0) is 19.4 Å². The fourth-order valence-corrected chi connectivity index (χ4v) is 2.20. The minimum atomic E-state index is 0.239. The van der Waals surface area contributed by atoms with Gasteiger partial charge >= 0.3 is 0 Å². The summed E-state index contributed by atoms with van der Waals surface area (Å²) in [7, 11) is 3.26. The van der Waals surface area contributed by atoms with E-state index < -0.39 is 0 Å². The Morgan fingerprint density at radius 1 is 1.10 bits per heavy atom. The second kappa shape index (κ2) is 7.09. The van der Waals surface area contributed by atoms with Gasteiger partial charge in [0.1, 0.15) is 0 Å². The summed E-state index contributed by atoms with van der Waals surface area (Å²) in [5.74, 6) is 1.39. The van der Waals surface area contributed by atoms with Crippen LogP contribution in [0.3, 0.4) is 0 Å². The number of rotatable bonds is 6. The molecule has 1 aromatic carbocycles. The van der Waals surface area contributed by atoms with E-state index in [2.05, 4.69) is 48.4 Å². The van der Waals surface area contributed by atoms with Crippen LogP contribution in [0.5, 0.6) is 11.5 Å². The van der Waals surface area contributed by atoms with Gasteiger partial charge in [0, 0.05) is 24.8 Å². The first-order chi connectivity index (χ1) is 10.2. The van der Waals surface area contributed by atoms with Crippen LogP contribution in [-0.4, -0.2) is 19.2 Å². The van der Waals surface area contributed by atoms with Gasteiger partial charge in [0.15, 0.2) is 11.5 Å². The van der Waals surface area contributed by atoms with Crippen LogP contribution in [0.25, 0.3) is 0 Å². The molecule has 21 heavy (non-hydrogen) atoms. The quantitative estimate of drug-likeness (QED) is 0.885. The summed E-state index contributed by atoms with van der Waals surface area (Å²) >= 11 is 0. The number of benzene rings is 1. The van der Waals surface area contributed by atoms with Crippen molar-refractivity contribution in [2.45, 2.75) is 26.4 Å². The summed E-state index contributed by atoms with van der Waals surface area (Å²) in [4.78, 5) is 4.37. The molecule has 2 aromatic rings. The Morgan fingerprint density at radius 3 is 2.43 bits per heavy atom. The van der Waals surface area contributed by atoms with Crippen molar-refractivity contribution in [2.75, 3.05) is 14.2 Å². The monoisotopic (exact) mass is 286 g/mol. The number of hydrogen-bond donors (Lipinski definition) is 1. The molecule has 0 saturated carbocycles. The van der Waals surface area contributed by atoms with Crippen LogP contribution in [-0.2, 0) is 6.54 Å². The average Bonchev–Trinajstić information content (AvgIpc) is 2.52. The highest BCUT2D eigenvalue weighted by atomic mass is 16.5. The Labute approximate surface area is 126 Å². The molecule has 1 N–H and O–H groups in total. The van der Waals surface area contributed by atoms with E-state index in [1.54, 1.807) is 26.5 Å². The van der Waals surface area contributed by atoms with Gasteiger partial charge in [-0.25, -0.2) is 0 Å². The number of ether oxygens (including phenoxy) is 2. The molecule has 0 saturated heterocycles. The maximum atomic E-state index is 5.39. The highest BCUT2D eigenvalue weighted by Crippen LogP contribution is 2.29. The molecule has 0 aliphatic carbocycles. The Balaban J connectivity index is 2.07. The summed E-state index contributed by atoms with van der Waals surface area (Å²) in [5, 5.41) is 3.46. The van der Waals surface area contributed by atoms with Crippen molar-refractivity contribution in [1.29, 1.82) is 0 Å². The lowest BCUT2D eigenvalue weighted by molar-refractivity contribution is 0.347. The van der Waals surface area contributed by atoms with E-state index in [9.17, 15) is 0 Å². The van der Waals surface area contributed by atoms with Gasteiger partial charge in [0.25, 0.3) is 0 Å². The van der Waals surface area contributed by atoms with Gasteiger partial charge < -0.3 is 14.8 Å². The third kappa shape index (κ3) is 3.73. The molecule has 0 aliphatic rings. The molecule has 0 spiro atoms. The van der Waals surface area contributed by atoms with Crippen LogP contribution in [0, 0.1) is 6.92 Å². The largest absolute Gasteiger partial charge is 0.493 e. The fraction of sp³-hybridized carbons (Fsp3) is 0.353. The van der Waals surface area contributed by atoms with Crippen molar-refractivity contribution >= 4 is 0 Å². The number of aryl methyl sites for hydroxylation is 1. The lowest BCUT2D eigenvalue weighted by Gasteiger charge is -2.16. The van der Waals surface area contributed by atoms with E-state index in [4.69, 9.17) is 9.47 Å². The maximum Gasteiger partial charge on any atom is 0.183 e. The standard InChI is InChI=1S/C17H22N2O2/c1-12-5-7-14(8-6-12)13(2)19-11-15-17(21-4)16(20-3)9-10-18-15/h5-10,13,19H,11H2,1-4H3. The predicted octanol–water partition coefficient (Wildman–Crippen LogP) is 3.26. The van der Waals surface area contributed by atoms with E-state index in [0.717, 1.165) is 5.69 Å². The highest BCUT2D eigenvalue weighted by Gasteiger charge is 2.12. The van der Waals surface area contributed by atoms with Gasteiger partial charge in [-0.2, -0.15) is 0 Å². The van der Waals surface area contributed by atoms with E-state index in [1.165, 1.54) is 11.1 Å². The van der Waals surface area contributed by atoms with Crippen LogP contribution in [0.1, 0.15) is 29.8 Å². The molecule has 112 valence electrons. The Bertz CT molecular complexity index is 582. The summed E-state index contributed by atoms with van der Waals surface area (Å²) in [5.41, 5.74) is 3.36. The minimum Gasteiger partial charge on any atom is -0.493 e. The first kappa shape index (κ1) is 15.3. The lowest BCUT2D eigenvalue weighted by Crippen LogP contribution is -2.19. The molecule has 4 heteroatoms. The summed E-state index contributed by atoms with van der Waals surface area (Å²) in [6.45, 7) is 4.85. The minimum absolute atomic E-state index is 0.239. The third-order valence-electron chi connectivity index (χ3n) is 3.52. The summed E-state index contributed by atoms with van der Waals surface area (Å²) in [6.07, 6.45) is 1.73. The number of aromatic nitrogens is 1. The fourth-order valence-electron chi connectivity index (χ4n) is 2.20. The predicted molar refractivity (Wildman–Crippen MR) is 83.8 cm³/mol. The molecule has 2 rings (SSSR count). The van der Waals surface area contributed by atoms with Crippen molar-refractivity contribution in [3.05, 3.63) is 53.3 Å². The zero-order valence-electron chi connectivity index (χ0n) is 13.0. The molecule has 1 unspecified atom stereocenters. The molecule has 0 fully saturated rings. The Hall–Kier alpha value is -2.07. The molecular formula is C17H22N2O2. The molecule has 4 nitrogen and oxygen atoms in total. The average molecular weight is 286 g/mol. The molecule has 1 atom stereocenters. The first-order valence-corrected chi connectivity index (χ1v) is 7.01. The normalized spacial score (nSPS) is 12.0. The summed E-state index contributed by atoms with van der Waals surface area (Å²) in [6, 6.07) is 10.6. The molecule has 0 aliphatic heterocycles. The van der Waals surface area contributed by atoms with E-state index in [0.29, 0.717) is 18.0 Å². The second-order valence-electron chi connectivity index (χ2n) is 5.01. The van der Waals surface area contributed by atoms with Crippen molar-refractivity contribution in [3.8, 4) is 11.5 Å². The lowest BCUT2D eigenvalue weighted by atomic mass is 10.1. The van der Waals surface area contributed by atoms with Crippen molar-refractivity contribution in [3.63, 3.8) is 0 Å². The number of pyridine rings is 1. The Kier molecular flexibility index (Phi) is 5.17. The topological polar surface area (TPSA) is 43.4 Å². The smallest absolute Gasteiger partial charge is 0.183 e. The molecule has 1 aromatic heterocycles. The second-order valence-corrected chi connectivity index (χ2v) is 5.01. The molecular weight excluding hydrogens is 264 g/mol. The van der Waals surface area contributed by atoms with E-state index in [1.807, 2.05) is 0 Å². The van der Waals surface area contributed by atoms with Crippen LogP contribution >= 0.6 is 0 Å². The van der Waals surface area contributed by atoms with Crippen LogP contribution in [0.2, 0.25) is 0 Å². The third-order valence-corrected chi connectivity index (χ3v) is 3.52. The zero-order chi connectivity index (χ0) is 15.2. The maximum absolute atomic E-state index is 5.39. The van der Waals surface area contributed by atoms with Crippen LogP contribution in [0.4, 0.5) is 0 Å². The number of nitrogens with zero attached hydrogens (tertiary/aromatic N) is 1. The molecule has 0 bridgehead atoms. The highest BCUT2D eigenvalue weighted by molar-refractivity contribution is 5.42. The van der Waals surface area contributed by atoms with Crippen molar-refractivity contribution < 1.29 is 9.47 Å². The Morgan fingerprint density at radius 2 is 1.81 bits per heavy atom. The SMILES string of the molecule is COc1ccnc(CNC(C)c2ccc(C)cc2)c1OC. The van der Waals surface area contributed by atoms with E-state index >= 15 is 0 Å². The molecule has 1 heterocycles. The van der Waals surface area contributed by atoms with Crippen LogP contribution in [0.15, 0.2) is 36.5 Å². The van der Waals surface area contributed by atoms with Crippen LogP contribution < -0.4 is 14.8 Å².